The van der Waals surface area contributed by atoms with Crippen LogP contribution in [0.4, 0.5) is 4.79 Å². The standard InChI is InChI=1S/C40H45N7O4/c1-4-6-34(48)46-23-39(15-16-39)21-33(46)36-42-29-14-11-26(19-30(29)43-36)8-7-25-9-12-27(13-10-25)31-22-41-35(44-31)32-20-40(17-18-40)24-47(32)37(49)28(5-2)45-38(50)51-3/h9-14,19,22,28,32-33H,4-6,15-18,20-21,23-24H2,1-3H3,(H,41,44)(H,42,43)(H,45,50)/t28-,32-,33-/m0/s1. The first-order chi connectivity index (χ1) is 24.7. The van der Waals surface area contributed by atoms with Gasteiger partial charge in [-0.05, 0) is 98.1 Å². The van der Waals surface area contributed by atoms with E-state index in [1.165, 1.54) is 20.0 Å². The number of ether oxygens (including phenoxy) is 1. The Labute approximate surface area is 297 Å². The molecule has 0 bridgehead atoms. The summed E-state index contributed by atoms with van der Waals surface area (Å²) in [6.07, 6.45) is 9.57. The van der Waals surface area contributed by atoms with Gasteiger partial charge in [0.1, 0.15) is 17.7 Å². The highest BCUT2D eigenvalue weighted by molar-refractivity contribution is 5.86. The molecule has 3 N–H and O–H groups in total. The first-order valence-corrected chi connectivity index (χ1v) is 18.3. The number of likely N-dealkylation sites (tertiary alicyclic amines) is 2. The van der Waals surface area contributed by atoms with Gasteiger partial charge in [0.05, 0.1) is 42.1 Å². The van der Waals surface area contributed by atoms with Gasteiger partial charge in [0.2, 0.25) is 11.8 Å². The predicted molar refractivity (Wildman–Crippen MR) is 192 cm³/mol. The van der Waals surface area contributed by atoms with Gasteiger partial charge in [0, 0.05) is 30.6 Å². The molecular weight excluding hydrogens is 642 g/mol. The number of methoxy groups -OCH3 is 1. The SMILES string of the molecule is CCCC(=O)N1CC2(CC2)C[C@H]1c1nc2ccc(C#Cc3ccc(-c4cnc([C@@H]5CC6(CC6)CN5C(=O)[C@H](CC)NC(=O)OC)[nH]4)cc3)cc2[nH]1. The highest BCUT2D eigenvalue weighted by Crippen LogP contribution is 2.59. The highest BCUT2D eigenvalue weighted by atomic mass is 16.5. The van der Waals surface area contributed by atoms with Crippen LogP contribution < -0.4 is 5.32 Å². The Bertz CT molecular complexity index is 2050. The van der Waals surface area contributed by atoms with E-state index >= 15 is 0 Å². The van der Waals surface area contributed by atoms with Crippen LogP contribution in [-0.2, 0) is 14.3 Å². The fourth-order valence-electron chi connectivity index (χ4n) is 8.07. The van der Waals surface area contributed by atoms with Crippen molar-refractivity contribution in [2.75, 3.05) is 20.2 Å². The van der Waals surface area contributed by atoms with E-state index in [0.29, 0.717) is 24.8 Å². The number of hydrogen-bond donors (Lipinski definition) is 3. The minimum absolute atomic E-state index is 0.0103. The number of imidazole rings is 2. The van der Waals surface area contributed by atoms with E-state index in [1.54, 1.807) is 0 Å². The van der Waals surface area contributed by atoms with Crippen molar-refractivity contribution in [1.29, 1.82) is 0 Å². The Morgan fingerprint density at radius 2 is 1.59 bits per heavy atom. The summed E-state index contributed by atoms with van der Waals surface area (Å²) in [7, 11) is 1.30. The maximum atomic E-state index is 13.6. The number of aromatic amines is 2. The minimum Gasteiger partial charge on any atom is -0.453 e. The van der Waals surface area contributed by atoms with Crippen LogP contribution in [0.5, 0.6) is 0 Å². The molecule has 11 heteroatoms. The molecule has 4 aromatic rings. The van der Waals surface area contributed by atoms with E-state index in [1.807, 2.05) is 60.5 Å². The van der Waals surface area contributed by atoms with Crippen molar-refractivity contribution in [2.45, 2.75) is 89.8 Å². The summed E-state index contributed by atoms with van der Waals surface area (Å²) in [6.45, 7) is 5.46. The zero-order chi connectivity index (χ0) is 35.3. The third-order valence-corrected chi connectivity index (χ3v) is 11.5. The van der Waals surface area contributed by atoms with Crippen LogP contribution >= 0.6 is 0 Å². The van der Waals surface area contributed by atoms with Crippen LogP contribution in [0, 0.1) is 22.7 Å². The highest BCUT2D eigenvalue weighted by Gasteiger charge is 2.55. The quantitative estimate of drug-likeness (QED) is 0.184. The summed E-state index contributed by atoms with van der Waals surface area (Å²) >= 11 is 0. The van der Waals surface area contributed by atoms with Crippen molar-refractivity contribution >= 4 is 28.9 Å². The molecule has 0 radical (unpaired) electrons. The lowest BCUT2D eigenvalue weighted by molar-refractivity contribution is -0.134. The molecule has 4 heterocycles. The van der Waals surface area contributed by atoms with Crippen molar-refractivity contribution in [3.63, 3.8) is 0 Å². The molecule has 2 saturated heterocycles. The first kappa shape index (κ1) is 33.1. The molecule has 264 valence electrons. The molecule has 8 rings (SSSR count). The lowest BCUT2D eigenvalue weighted by Crippen LogP contribution is -2.48. The van der Waals surface area contributed by atoms with Crippen LogP contribution in [0.2, 0.25) is 0 Å². The number of amides is 3. The number of alkyl carbamates (subject to hydrolysis) is 1. The average molecular weight is 688 g/mol. The van der Waals surface area contributed by atoms with Gasteiger partial charge in [-0.3, -0.25) is 9.59 Å². The van der Waals surface area contributed by atoms with E-state index in [9.17, 15) is 14.4 Å². The Hall–Kier alpha value is -5.11. The number of nitrogens with one attached hydrogen (secondary N) is 3. The molecule has 0 unspecified atom stereocenters. The zero-order valence-electron chi connectivity index (χ0n) is 29.6. The van der Waals surface area contributed by atoms with Crippen LogP contribution in [0.3, 0.4) is 0 Å². The third kappa shape index (κ3) is 6.48. The smallest absolute Gasteiger partial charge is 0.407 e. The van der Waals surface area contributed by atoms with Crippen LogP contribution in [0.15, 0.2) is 48.7 Å². The van der Waals surface area contributed by atoms with Crippen molar-refractivity contribution in [3.8, 4) is 23.1 Å². The zero-order valence-corrected chi connectivity index (χ0v) is 29.6. The van der Waals surface area contributed by atoms with Crippen LogP contribution in [0.25, 0.3) is 22.3 Å². The minimum atomic E-state index is -0.643. The fourth-order valence-corrected chi connectivity index (χ4v) is 8.07. The third-order valence-electron chi connectivity index (χ3n) is 11.5. The largest absolute Gasteiger partial charge is 0.453 e. The molecule has 51 heavy (non-hydrogen) atoms. The van der Waals surface area contributed by atoms with Crippen molar-refractivity contribution in [2.24, 2.45) is 10.8 Å². The number of H-pyrrole nitrogens is 2. The summed E-state index contributed by atoms with van der Waals surface area (Å²) in [5.74, 6) is 8.36. The summed E-state index contributed by atoms with van der Waals surface area (Å²) < 4.78 is 4.75. The van der Waals surface area contributed by atoms with Gasteiger partial charge in [0.25, 0.3) is 0 Å². The number of rotatable bonds is 8. The molecule has 11 nitrogen and oxygen atoms in total. The summed E-state index contributed by atoms with van der Waals surface area (Å²) in [6, 6.07) is 13.3. The number of nitrogens with zero attached hydrogens (tertiary/aromatic N) is 4. The van der Waals surface area contributed by atoms with E-state index in [4.69, 9.17) is 14.7 Å². The Morgan fingerprint density at radius 3 is 2.25 bits per heavy atom. The van der Waals surface area contributed by atoms with Gasteiger partial charge in [-0.2, -0.15) is 0 Å². The molecule has 3 atom stereocenters. The van der Waals surface area contributed by atoms with E-state index in [0.717, 1.165) is 83.7 Å². The van der Waals surface area contributed by atoms with E-state index in [-0.39, 0.29) is 29.3 Å². The fraction of sp³-hybridized carbons (Fsp3) is 0.475. The van der Waals surface area contributed by atoms with Gasteiger partial charge in [0.15, 0.2) is 0 Å². The van der Waals surface area contributed by atoms with Gasteiger partial charge in [-0.1, -0.05) is 37.8 Å². The lowest BCUT2D eigenvalue weighted by Gasteiger charge is -2.27. The van der Waals surface area contributed by atoms with Gasteiger partial charge in [-0.25, -0.2) is 14.8 Å². The van der Waals surface area contributed by atoms with Crippen molar-refractivity contribution in [3.05, 3.63) is 71.4 Å². The molecule has 2 aromatic carbocycles. The van der Waals surface area contributed by atoms with Crippen LogP contribution in [-0.4, -0.2) is 73.9 Å². The maximum Gasteiger partial charge on any atom is 0.407 e. The number of aromatic nitrogens is 4. The Balaban J connectivity index is 0.955. The molecular formula is C40H45N7O4. The summed E-state index contributed by atoms with van der Waals surface area (Å²) in [4.78, 5) is 59.0. The number of carbonyl (C=O) groups is 3. The number of fused-ring (bicyclic) bond motifs is 1. The molecule has 4 fully saturated rings. The van der Waals surface area contributed by atoms with E-state index in [2.05, 4.69) is 38.9 Å². The second-order valence-corrected chi connectivity index (χ2v) is 15.1. The normalized spacial score (nSPS) is 21.5. The number of carbonyl (C=O) groups excluding carboxylic acids is 3. The summed E-state index contributed by atoms with van der Waals surface area (Å²) in [5.41, 5.74) is 5.89. The average Bonchev–Trinajstić information content (AvgIpc) is 3.75. The predicted octanol–water partition coefficient (Wildman–Crippen LogP) is 6.39. The van der Waals surface area contributed by atoms with Gasteiger partial charge >= 0.3 is 6.09 Å². The van der Waals surface area contributed by atoms with Crippen LogP contribution in [0.1, 0.15) is 106 Å². The van der Waals surface area contributed by atoms with Crippen molar-refractivity contribution < 1.29 is 19.1 Å². The maximum absolute atomic E-state index is 13.6. The topological polar surface area (TPSA) is 136 Å². The van der Waals surface area contributed by atoms with E-state index < -0.39 is 12.1 Å². The van der Waals surface area contributed by atoms with Gasteiger partial charge in [-0.15, -0.1) is 0 Å². The first-order valence-electron chi connectivity index (χ1n) is 18.3. The second-order valence-electron chi connectivity index (χ2n) is 15.1. The molecule has 2 aliphatic carbocycles. The van der Waals surface area contributed by atoms with Gasteiger partial charge < -0.3 is 29.8 Å². The molecule has 2 spiro atoms. The molecule has 2 aromatic heterocycles. The van der Waals surface area contributed by atoms with Crippen molar-refractivity contribution in [1.82, 2.24) is 35.1 Å². The Morgan fingerprint density at radius 1 is 0.922 bits per heavy atom. The number of hydrogen-bond acceptors (Lipinski definition) is 6. The monoisotopic (exact) mass is 687 g/mol. The molecule has 4 aliphatic rings. The molecule has 3 amide bonds. The lowest BCUT2D eigenvalue weighted by atomic mass is 10.0. The number of benzene rings is 2. The second kappa shape index (κ2) is 12.9. The summed E-state index contributed by atoms with van der Waals surface area (Å²) in [5, 5.41) is 2.69. The Kier molecular flexibility index (Phi) is 8.36. The molecule has 2 aliphatic heterocycles. The molecule has 2 saturated carbocycles.